The lowest BCUT2D eigenvalue weighted by molar-refractivity contribution is -0.124. The molecule has 19 heavy (non-hydrogen) atoms. The fourth-order valence-corrected chi connectivity index (χ4v) is 2.75. The van der Waals surface area contributed by atoms with Crippen LogP contribution in [0.25, 0.3) is 0 Å². The first-order chi connectivity index (χ1) is 8.67. The summed E-state index contributed by atoms with van der Waals surface area (Å²) in [7, 11) is 0. The molecule has 1 unspecified atom stereocenters. The fourth-order valence-electron chi connectivity index (χ4n) is 2.49. The maximum atomic E-state index is 12.3. The minimum atomic E-state index is -0.428. The lowest BCUT2D eigenvalue weighted by atomic mass is 9.78. The zero-order chi connectivity index (χ0) is 14.7. The molecule has 0 radical (unpaired) electrons. The van der Waals surface area contributed by atoms with Crippen molar-refractivity contribution in [1.29, 1.82) is 0 Å². The number of carbonyl (C=O) groups excluding carboxylic acids is 1. The van der Waals surface area contributed by atoms with Crippen molar-refractivity contribution in [2.75, 3.05) is 0 Å². The summed E-state index contributed by atoms with van der Waals surface area (Å²) in [4.78, 5) is 12.7. The van der Waals surface area contributed by atoms with Gasteiger partial charge in [0, 0.05) is 6.42 Å². The van der Waals surface area contributed by atoms with Crippen molar-refractivity contribution in [3.05, 3.63) is 0 Å². The van der Waals surface area contributed by atoms with Crippen LogP contribution in [0.3, 0.4) is 0 Å². The molecule has 1 aliphatic carbocycles. The molecule has 0 aromatic rings. The van der Waals surface area contributed by atoms with Crippen LogP contribution in [0.2, 0.25) is 0 Å². The molecule has 3 nitrogen and oxygen atoms in total. The minimum absolute atomic E-state index is 0.0807. The number of carbonyl (C=O) groups is 1. The van der Waals surface area contributed by atoms with Crippen molar-refractivity contribution in [1.82, 2.24) is 5.32 Å². The summed E-state index contributed by atoms with van der Waals surface area (Å²) in [6, 6.07) is 0. The lowest BCUT2D eigenvalue weighted by Gasteiger charge is -2.38. The van der Waals surface area contributed by atoms with E-state index in [-0.39, 0.29) is 11.3 Å². The Labute approximate surface area is 122 Å². The number of amides is 1. The molecule has 0 bridgehead atoms. The van der Waals surface area contributed by atoms with Crippen LogP contribution in [0.1, 0.15) is 66.2 Å². The Morgan fingerprint density at radius 1 is 1.32 bits per heavy atom. The van der Waals surface area contributed by atoms with E-state index in [2.05, 4.69) is 33.0 Å². The second-order valence-electron chi connectivity index (χ2n) is 7.03. The first kappa shape index (κ1) is 16.4. The molecule has 4 heteroatoms. The van der Waals surface area contributed by atoms with Gasteiger partial charge in [-0.1, -0.05) is 59.2 Å². The molecular weight excluding hydrogens is 256 g/mol. The Balaban J connectivity index is 2.65. The number of hydrogen-bond acceptors (Lipinski definition) is 2. The smallest absolute Gasteiger partial charge is 0.221 e. The Morgan fingerprint density at radius 3 is 2.26 bits per heavy atom. The predicted octanol–water partition coefficient (Wildman–Crippen LogP) is 3.16. The molecule has 0 spiro atoms. The van der Waals surface area contributed by atoms with Crippen LogP contribution >= 0.6 is 12.2 Å². The van der Waals surface area contributed by atoms with Crippen molar-refractivity contribution < 1.29 is 4.79 Å². The minimum Gasteiger partial charge on any atom is -0.391 e. The van der Waals surface area contributed by atoms with Crippen molar-refractivity contribution in [2.45, 2.75) is 71.8 Å². The summed E-state index contributed by atoms with van der Waals surface area (Å²) in [5.41, 5.74) is 5.59. The molecule has 1 amide bonds. The van der Waals surface area contributed by atoms with E-state index >= 15 is 0 Å². The van der Waals surface area contributed by atoms with Gasteiger partial charge in [0.15, 0.2) is 0 Å². The Bertz CT molecular complexity index is 341. The van der Waals surface area contributed by atoms with E-state index in [1.165, 1.54) is 6.42 Å². The normalized spacial score (nSPS) is 20.6. The standard InChI is InChI=1S/C15H28N2OS/c1-11(14(2,3)4)10-12(18)17-15(13(16)19)8-6-5-7-9-15/h11H,5-10H2,1-4H3,(H2,16,19)(H,17,18). The fraction of sp³-hybridized carbons (Fsp3) is 0.867. The summed E-state index contributed by atoms with van der Waals surface area (Å²) in [5.74, 6) is 0.414. The summed E-state index contributed by atoms with van der Waals surface area (Å²) < 4.78 is 0. The van der Waals surface area contributed by atoms with E-state index in [0.717, 1.165) is 25.7 Å². The van der Waals surface area contributed by atoms with E-state index < -0.39 is 5.54 Å². The van der Waals surface area contributed by atoms with E-state index in [0.29, 0.717) is 17.3 Å². The van der Waals surface area contributed by atoms with E-state index in [1.807, 2.05) is 0 Å². The molecular formula is C15H28N2OS. The van der Waals surface area contributed by atoms with Crippen molar-refractivity contribution in [3.8, 4) is 0 Å². The molecule has 1 rings (SSSR count). The molecule has 110 valence electrons. The van der Waals surface area contributed by atoms with Crippen molar-refractivity contribution in [2.24, 2.45) is 17.1 Å². The Morgan fingerprint density at radius 2 is 1.84 bits per heavy atom. The van der Waals surface area contributed by atoms with Crippen LogP contribution in [-0.2, 0) is 4.79 Å². The summed E-state index contributed by atoms with van der Waals surface area (Å²) >= 11 is 5.20. The van der Waals surface area contributed by atoms with E-state index in [1.54, 1.807) is 0 Å². The number of nitrogens with two attached hydrogens (primary N) is 1. The van der Waals surface area contributed by atoms with E-state index in [4.69, 9.17) is 18.0 Å². The van der Waals surface area contributed by atoms with Gasteiger partial charge in [0.1, 0.15) is 0 Å². The van der Waals surface area contributed by atoms with Gasteiger partial charge in [0.2, 0.25) is 5.91 Å². The van der Waals surface area contributed by atoms with Gasteiger partial charge in [-0.15, -0.1) is 0 Å². The van der Waals surface area contributed by atoms with Gasteiger partial charge in [-0.2, -0.15) is 0 Å². The van der Waals surface area contributed by atoms with Crippen molar-refractivity contribution >= 4 is 23.1 Å². The lowest BCUT2D eigenvalue weighted by Crippen LogP contribution is -2.58. The van der Waals surface area contributed by atoms with Crippen LogP contribution in [0, 0.1) is 11.3 Å². The predicted molar refractivity (Wildman–Crippen MR) is 84.0 cm³/mol. The monoisotopic (exact) mass is 284 g/mol. The molecule has 0 aliphatic heterocycles. The van der Waals surface area contributed by atoms with Gasteiger partial charge in [0.25, 0.3) is 0 Å². The Kier molecular flexibility index (Phi) is 5.36. The Hall–Kier alpha value is -0.640. The molecule has 1 fully saturated rings. The zero-order valence-electron chi connectivity index (χ0n) is 12.7. The maximum absolute atomic E-state index is 12.3. The quantitative estimate of drug-likeness (QED) is 0.780. The second-order valence-corrected chi connectivity index (χ2v) is 7.47. The molecule has 1 atom stereocenters. The summed E-state index contributed by atoms with van der Waals surface area (Å²) in [6.07, 6.45) is 5.70. The molecule has 1 aliphatic rings. The third-order valence-corrected chi connectivity index (χ3v) is 4.92. The highest BCUT2D eigenvalue weighted by Gasteiger charge is 2.37. The number of rotatable bonds is 4. The van der Waals surface area contributed by atoms with Gasteiger partial charge in [-0.25, -0.2) is 0 Å². The van der Waals surface area contributed by atoms with Gasteiger partial charge in [-0.3, -0.25) is 4.79 Å². The molecule has 0 heterocycles. The molecule has 0 aromatic carbocycles. The first-order valence-electron chi connectivity index (χ1n) is 7.28. The highest BCUT2D eigenvalue weighted by molar-refractivity contribution is 7.80. The van der Waals surface area contributed by atoms with Crippen molar-refractivity contribution in [3.63, 3.8) is 0 Å². The second kappa shape index (κ2) is 6.21. The van der Waals surface area contributed by atoms with Gasteiger partial charge in [-0.05, 0) is 24.2 Å². The van der Waals surface area contributed by atoms with Crippen LogP contribution in [-0.4, -0.2) is 16.4 Å². The van der Waals surface area contributed by atoms with E-state index in [9.17, 15) is 4.79 Å². The molecule has 0 aromatic heterocycles. The van der Waals surface area contributed by atoms with Crippen LogP contribution in [0.4, 0.5) is 0 Å². The molecule has 1 saturated carbocycles. The highest BCUT2D eigenvalue weighted by atomic mass is 32.1. The molecule has 3 N–H and O–H groups in total. The number of thiocarbonyl (C=S) groups is 1. The molecule has 0 saturated heterocycles. The largest absolute Gasteiger partial charge is 0.391 e. The maximum Gasteiger partial charge on any atom is 0.221 e. The summed E-state index contributed by atoms with van der Waals surface area (Å²) in [6.45, 7) is 8.60. The van der Waals surface area contributed by atoms with Gasteiger partial charge in [0.05, 0.1) is 10.5 Å². The van der Waals surface area contributed by atoms with Gasteiger partial charge >= 0.3 is 0 Å². The zero-order valence-corrected chi connectivity index (χ0v) is 13.5. The highest BCUT2D eigenvalue weighted by Crippen LogP contribution is 2.31. The van der Waals surface area contributed by atoms with Crippen LogP contribution < -0.4 is 11.1 Å². The average Bonchev–Trinajstić information content (AvgIpc) is 2.28. The third-order valence-electron chi connectivity index (χ3n) is 4.53. The van der Waals surface area contributed by atoms with Crippen LogP contribution in [0.15, 0.2) is 0 Å². The SMILES string of the molecule is CC(CC(=O)NC1(C(N)=S)CCCCC1)C(C)(C)C. The third kappa shape index (κ3) is 4.44. The topological polar surface area (TPSA) is 55.1 Å². The average molecular weight is 284 g/mol. The first-order valence-corrected chi connectivity index (χ1v) is 7.69. The number of hydrogen-bond donors (Lipinski definition) is 2. The van der Waals surface area contributed by atoms with Gasteiger partial charge < -0.3 is 11.1 Å². The van der Waals surface area contributed by atoms with Crippen LogP contribution in [0.5, 0.6) is 0 Å². The number of nitrogens with one attached hydrogen (secondary N) is 1. The summed E-state index contributed by atoms with van der Waals surface area (Å²) in [5, 5.41) is 3.13.